The van der Waals surface area contributed by atoms with Crippen LogP contribution in [0, 0.1) is 5.82 Å². The van der Waals surface area contributed by atoms with Crippen LogP contribution in [0.15, 0.2) is 48.5 Å². The number of H-pyrrole nitrogens is 1. The summed E-state index contributed by atoms with van der Waals surface area (Å²) in [6, 6.07) is 13.3. The van der Waals surface area contributed by atoms with Crippen LogP contribution in [0.3, 0.4) is 0 Å². The fraction of sp³-hybridized carbons (Fsp3) is 0.273. The number of fused-ring (bicyclic) bond motifs is 4. The lowest BCUT2D eigenvalue weighted by atomic mass is 9.85. The first kappa shape index (κ1) is 17.0. The number of halogens is 1. The number of hydrogen-bond acceptors (Lipinski definition) is 2. The van der Waals surface area contributed by atoms with Crippen molar-refractivity contribution in [3.8, 4) is 0 Å². The van der Waals surface area contributed by atoms with Gasteiger partial charge in [0, 0.05) is 28.6 Å². The molecular formula is C22H20FN3O2. The third kappa shape index (κ3) is 2.17. The molecule has 0 spiro atoms. The van der Waals surface area contributed by atoms with Crippen LogP contribution >= 0.6 is 0 Å². The maximum absolute atomic E-state index is 14.1. The first-order chi connectivity index (χ1) is 13.4. The molecule has 2 aliphatic heterocycles. The lowest BCUT2D eigenvalue weighted by Crippen LogP contribution is -2.52. The van der Waals surface area contributed by atoms with Crippen molar-refractivity contribution in [2.45, 2.75) is 38.4 Å². The lowest BCUT2D eigenvalue weighted by molar-refractivity contribution is -0.129. The fourth-order valence-corrected chi connectivity index (χ4v) is 4.65. The van der Waals surface area contributed by atoms with Crippen molar-refractivity contribution in [3.63, 3.8) is 0 Å². The first-order valence-corrected chi connectivity index (χ1v) is 9.37. The SMILES string of the molecule is CC1(C)c2[nH]c3ccccc3c2C[C@H]2C(=O)N(Cc3ccccc3F)C(=O)N21. The zero-order chi connectivity index (χ0) is 19.6. The molecule has 1 fully saturated rings. The number of carbonyl (C=O) groups excluding carboxylic acids is 2. The fourth-order valence-electron chi connectivity index (χ4n) is 4.65. The monoisotopic (exact) mass is 377 g/mol. The van der Waals surface area contributed by atoms with Crippen LogP contribution in [0.4, 0.5) is 9.18 Å². The van der Waals surface area contributed by atoms with Crippen LogP contribution in [0.25, 0.3) is 10.9 Å². The van der Waals surface area contributed by atoms with Gasteiger partial charge >= 0.3 is 6.03 Å². The number of aromatic nitrogens is 1. The van der Waals surface area contributed by atoms with E-state index in [9.17, 15) is 14.0 Å². The molecule has 5 rings (SSSR count). The summed E-state index contributed by atoms with van der Waals surface area (Å²) in [4.78, 5) is 32.6. The number of nitrogens with one attached hydrogen (secondary N) is 1. The molecule has 0 aliphatic carbocycles. The van der Waals surface area contributed by atoms with E-state index in [0.717, 1.165) is 22.2 Å². The Bertz CT molecular complexity index is 1130. The van der Waals surface area contributed by atoms with E-state index < -0.39 is 17.4 Å². The lowest BCUT2D eigenvalue weighted by Gasteiger charge is -2.42. The molecule has 1 saturated heterocycles. The zero-order valence-electron chi connectivity index (χ0n) is 15.7. The largest absolute Gasteiger partial charge is 0.356 e. The number of carbonyl (C=O) groups is 2. The quantitative estimate of drug-likeness (QED) is 0.688. The van der Waals surface area contributed by atoms with Crippen LogP contribution in [-0.4, -0.2) is 32.8 Å². The van der Waals surface area contributed by atoms with Gasteiger partial charge in [0.05, 0.1) is 12.1 Å². The van der Waals surface area contributed by atoms with E-state index in [4.69, 9.17) is 0 Å². The number of imide groups is 1. The van der Waals surface area contributed by atoms with Crippen molar-refractivity contribution in [1.29, 1.82) is 0 Å². The summed E-state index contributed by atoms with van der Waals surface area (Å²) in [5, 5.41) is 1.08. The molecule has 28 heavy (non-hydrogen) atoms. The van der Waals surface area contributed by atoms with Crippen molar-refractivity contribution < 1.29 is 14.0 Å². The van der Waals surface area contributed by atoms with Crippen molar-refractivity contribution >= 4 is 22.8 Å². The van der Waals surface area contributed by atoms with Crippen LogP contribution in [0.5, 0.6) is 0 Å². The third-order valence-corrected chi connectivity index (χ3v) is 6.01. The van der Waals surface area contributed by atoms with Gasteiger partial charge in [0.15, 0.2) is 0 Å². The minimum atomic E-state index is -0.673. The minimum absolute atomic E-state index is 0.0535. The predicted octanol–water partition coefficient (Wildman–Crippen LogP) is 3.93. The number of aromatic amines is 1. The first-order valence-electron chi connectivity index (χ1n) is 9.37. The average molecular weight is 377 g/mol. The van der Waals surface area contributed by atoms with Crippen LogP contribution in [0.2, 0.25) is 0 Å². The standard InChI is InChI=1S/C22H20FN3O2/c1-22(2)19-15(14-8-4-6-10-17(14)24-19)11-18-20(27)25(21(28)26(18)22)12-13-7-3-5-9-16(13)23/h3-10,18,24H,11-12H2,1-2H3/t18-/m0/s1. The molecule has 1 aromatic heterocycles. The molecule has 0 bridgehead atoms. The smallest absolute Gasteiger partial charge is 0.328 e. The maximum Gasteiger partial charge on any atom is 0.328 e. The van der Waals surface area contributed by atoms with Gasteiger partial charge in [-0.3, -0.25) is 9.69 Å². The minimum Gasteiger partial charge on any atom is -0.356 e. The second-order valence-electron chi connectivity index (χ2n) is 7.97. The van der Waals surface area contributed by atoms with Crippen LogP contribution in [0.1, 0.15) is 30.7 Å². The molecule has 1 atom stereocenters. The van der Waals surface area contributed by atoms with E-state index in [1.165, 1.54) is 11.0 Å². The molecule has 3 heterocycles. The van der Waals surface area contributed by atoms with E-state index in [0.29, 0.717) is 12.0 Å². The van der Waals surface area contributed by atoms with Gasteiger partial charge in [-0.1, -0.05) is 36.4 Å². The van der Waals surface area contributed by atoms with E-state index in [-0.39, 0.29) is 18.5 Å². The summed E-state index contributed by atoms with van der Waals surface area (Å²) in [7, 11) is 0. The Balaban J connectivity index is 1.57. The van der Waals surface area contributed by atoms with Crippen LogP contribution < -0.4 is 0 Å². The third-order valence-electron chi connectivity index (χ3n) is 6.01. The van der Waals surface area contributed by atoms with E-state index >= 15 is 0 Å². The summed E-state index contributed by atoms with van der Waals surface area (Å²) in [5.74, 6) is -0.680. The number of benzene rings is 2. The Morgan fingerprint density at radius 1 is 1.11 bits per heavy atom. The second kappa shape index (κ2) is 5.67. The Morgan fingerprint density at radius 3 is 2.61 bits per heavy atom. The number of nitrogens with zero attached hydrogens (tertiary/aromatic N) is 2. The molecule has 5 nitrogen and oxygen atoms in total. The topological polar surface area (TPSA) is 56.4 Å². The zero-order valence-corrected chi connectivity index (χ0v) is 15.7. The van der Waals surface area contributed by atoms with Crippen molar-refractivity contribution in [2.24, 2.45) is 0 Å². The molecule has 1 N–H and O–H groups in total. The van der Waals surface area contributed by atoms with Gasteiger partial charge in [0.1, 0.15) is 11.9 Å². The molecular weight excluding hydrogens is 357 g/mol. The van der Waals surface area contributed by atoms with Gasteiger partial charge in [-0.2, -0.15) is 0 Å². The van der Waals surface area contributed by atoms with Gasteiger partial charge in [-0.05, 0) is 31.5 Å². The summed E-state index contributed by atoms with van der Waals surface area (Å²) in [5.41, 5.74) is 2.71. The molecule has 3 amide bonds. The molecule has 0 saturated carbocycles. The Labute approximate surface area is 161 Å². The molecule has 0 radical (unpaired) electrons. The number of para-hydroxylation sites is 1. The summed E-state index contributed by atoms with van der Waals surface area (Å²) >= 11 is 0. The van der Waals surface area contributed by atoms with Gasteiger partial charge in [0.25, 0.3) is 5.91 Å². The highest BCUT2D eigenvalue weighted by Crippen LogP contribution is 2.44. The maximum atomic E-state index is 14.1. The molecule has 3 aromatic rings. The highest BCUT2D eigenvalue weighted by Gasteiger charge is 2.55. The van der Waals surface area contributed by atoms with E-state index in [2.05, 4.69) is 4.98 Å². The van der Waals surface area contributed by atoms with Gasteiger partial charge < -0.3 is 9.88 Å². The second-order valence-corrected chi connectivity index (χ2v) is 7.97. The Morgan fingerprint density at radius 2 is 1.82 bits per heavy atom. The van der Waals surface area contributed by atoms with Gasteiger partial charge in [-0.25, -0.2) is 9.18 Å². The van der Waals surface area contributed by atoms with Gasteiger partial charge in [0.2, 0.25) is 0 Å². The highest BCUT2D eigenvalue weighted by molar-refractivity contribution is 6.05. The molecule has 142 valence electrons. The van der Waals surface area contributed by atoms with Crippen molar-refractivity contribution in [1.82, 2.24) is 14.8 Å². The number of amides is 3. The molecule has 2 aromatic carbocycles. The Kier molecular flexibility index (Phi) is 3.44. The van der Waals surface area contributed by atoms with Crippen molar-refractivity contribution in [2.75, 3.05) is 0 Å². The highest BCUT2D eigenvalue weighted by atomic mass is 19.1. The van der Waals surface area contributed by atoms with Crippen LogP contribution in [-0.2, 0) is 23.3 Å². The summed E-state index contributed by atoms with van der Waals surface area (Å²) < 4.78 is 14.1. The van der Waals surface area contributed by atoms with Crippen molar-refractivity contribution in [3.05, 3.63) is 71.2 Å². The van der Waals surface area contributed by atoms with E-state index in [1.54, 1.807) is 23.1 Å². The molecule has 6 heteroatoms. The van der Waals surface area contributed by atoms with Gasteiger partial charge in [-0.15, -0.1) is 0 Å². The Hall–Kier alpha value is -3.15. The summed E-state index contributed by atoms with van der Waals surface area (Å²) in [6.45, 7) is 3.85. The van der Waals surface area contributed by atoms with E-state index in [1.807, 2.05) is 38.1 Å². The number of rotatable bonds is 2. The molecule has 0 unspecified atom stereocenters. The number of hydrogen-bond donors (Lipinski definition) is 1. The number of urea groups is 1. The normalized spacial score (nSPS) is 20.6. The summed E-state index contributed by atoms with van der Waals surface area (Å²) in [6.07, 6.45) is 0.459. The average Bonchev–Trinajstić information content (AvgIpc) is 3.16. The molecule has 2 aliphatic rings. The predicted molar refractivity (Wildman–Crippen MR) is 103 cm³/mol.